The van der Waals surface area contributed by atoms with Gasteiger partial charge in [0, 0.05) is 23.1 Å². The first-order chi connectivity index (χ1) is 14.7. The van der Waals surface area contributed by atoms with E-state index in [1.807, 2.05) is 6.92 Å². The molecule has 1 aliphatic rings. The van der Waals surface area contributed by atoms with Gasteiger partial charge in [-0.2, -0.15) is 18.3 Å². The van der Waals surface area contributed by atoms with Crippen LogP contribution < -0.4 is 5.73 Å². The fourth-order valence-corrected chi connectivity index (χ4v) is 3.39. The van der Waals surface area contributed by atoms with Crippen molar-refractivity contribution in [3.8, 4) is 17.5 Å². The topological polar surface area (TPSA) is 70.1 Å². The van der Waals surface area contributed by atoms with Crippen molar-refractivity contribution in [1.82, 2.24) is 9.78 Å². The number of amides is 1. The van der Waals surface area contributed by atoms with E-state index in [9.17, 15) is 18.0 Å². The summed E-state index contributed by atoms with van der Waals surface area (Å²) in [5, 5.41) is 4.55. The van der Waals surface area contributed by atoms with Gasteiger partial charge in [-0.1, -0.05) is 12.0 Å². The summed E-state index contributed by atoms with van der Waals surface area (Å²) in [5.74, 6) is 5.43. The van der Waals surface area contributed by atoms with E-state index in [0.29, 0.717) is 35.5 Å². The molecule has 0 aliphatic carbocycles. The van der Waals surface area contributed by atoms with Crippen molar-refractivity contribution in [2.45, 2.75) is 32.2 Å². The Morgan fingerprint density at radius 1 is 1.19 bits per heavy atom. The number of hydrogen-bond acceptors (Lipinski definition) is 3. The molecule has 1 amide bonds. The van der Waals surface area contributed by atoms with Gasteiger partial charge < -0.3 is 10.5 Å². The maximum absolute atomic E-state index is 12.9. The SMILES string of the molecule is C[C@H]1Cc2c(c(C#Cc3cccc(C(N)=O)c3)nn2-c2ccc(C(F)(F)F)cc2)CO1. The maximum atomic E-state index is 12.9. The van der Waals surface area contributed by atoms with Gasteiger partial charge in [0.15, 0.2) is 0 Å². The van der Waals surface area contributed by atoms with Crippen molar-refractivity contribution in [2.24, 2.45) is 5.73 Å². The van der Waals surface area contributed by atoms with Crippen LogP contribution in [0.5, 0.6) is 0 Å². The normalized spacial score (nSPS) is 15.7. The van der Waals surface area contributed by atoms with Gasteiger partial charge in [-0.3, -0.25) is 4.79 Å². The number of halogens is 3. The van der Waals surface area contributed by atoms with Crippen LogP contribution in [0.15, 0.2) is 48.5 Å². The molecule has 0 bridgehead atoms. The van der Waals surface area contributed by atoms with Crippen LogP contribution in [0.25, 0.3) is 5.69 Å². The molecular formula is C23H18F3N3O2. The molecule has 0 fully saturated rings. The fraction of sp³-hybridized carbons (Fsp3) is 0.217. The molecule has 1 aromatic heterocycles. The summed E-state index contributed by atoms with van der Waals surface area (Å²) in [6.07, 6.45) is -3.90. The quantitative estimate of drug-likeness (QED) is 0.634. The molecule has 3 aromatic rings. The molecule has 0 unspecified atom stereocenters. The average molecular weight is 425 g/mol. The van der Waals surface area contributed by atoms with Crippen molar-refractivity contribution in [3.63, 3.8) is 0 Å². The standard InChI is InChI=1S/C23H18F3N3O2/c1-14-11-21-19(13-31-14)20(10-5-15-3-2-4-16(12-15)22(27)30)28-29(21)18-8-6-17(7-9-18)23(24,25)26/h2-4,6-9,12,14H,11,13H2,1H3,(H2,27,30)/t14-/m0/s1. The molecule has 5 nitrogen and oxygen atoms in total. The number of carbonyl (C=O) groups excluding carboxylic acids is 1. The summed E-state index contributed by atoms with van der Waals surface area (Å²) < 4.78 is 46.1. The third-order valence-corrected chi connectivity index (χ3v) is 4.99. The second-order valence-electron chi connectivity index (χ2n) is 7.25. The predicted molar refractivity (Wildman–Crippen MR) is 107 cm³/mol. The van der Waals surface area contributed by atoms with Crippen molar-refractivity contribution in [3.05, 3.63) is 82.2 Å². The lowest BCUT2D eigenvalue weighted by atomic mass is 10.0. The monoisotopic (exact) mass is 425 g/mol. The van der Waals surface area contributed by atoms with Gasteiger partial charge in [-0.05, 0) is 55.3 Å². The van der Waals surface area contributed by atoms with Gasteiger partial charge in [-0.25, -0.2) is 4.68 Å². The summed E-state index contributed by atoms with van der Waals surface area (Å²) in [5.41, 5.74) is 8.19. The van der Waals surface area contributed by atoms with Crippen LogP contribution in [-0.4, -0.2) is 21.8 Å². The van der Waals surface area contributed by atoms with Gasteiger partial charge in [0.25, 0.3) is 0 Å². The number of ether oxygens (including phenoxy) is 1. The van der Waals surface area contributed by atoms with Crippen LogP contribution in [0.2, 0.25) is 0 Å². The number of carbonyl (C=O) groups is 1. The zero-order chi connectivity index (χ0) is 22.2. The smallest absolute Gasteiger partial charge is 0.373 e. The minimum Gasteiger partial charge on any atom is -0.373 e. The van der Waals surface area contributed by atoms with E-state index in [4.69, 9.17) is 10.5 Å². The Labute approximate surface area is 176 Å². The molecular weight excluding hydrogens is 407 g/mol. The van der Waals surface area contributed by atoms with Crippen molar-refractivity contribution < 1.29 is 22.7 Å². The van der Waals surface area contributed by atoms with E-state index < -0.39 is 17.6 Å². The maximum Gasteiger partial charge on any atom is 0.416 e. The molecule has 2 N–H and O–H groups in total. The number of nitrogens with zero attached hydrogens (tertiary/aromatic N) is 2. The number of rotatable bonds is 2. The molecule has 8 heteroatoms. The first-order valence-corrected chi connectivity index (χ1v) is 9.54. The van der Waals surface area contributed by atoms with Crippen molar-refractivity contribution in [2.75, 3.05) is 0 Å². The number of nitrogens with two attached hydrogens (primary N) is 1. The van der Waals surface area contributed by atoms with E-state index in [0.717, 1.165) is 23.4 Å². The highest BCUT2D eigenvalue weighted by molar-refractivity contribution is 5.93. The van der Waals surface area contributed by atoms with Crippen LogP contribution in [0.4, 0.5) is 13.2 Å². The molecule has 4 rings (SSSR count). The van der Waals surface area contributed by atoms with E-state index >= 15 is 0 Å². The Hall–Kier alpha value is -3.57. The summed E-state index contributed by atoms with van der Waals surface area (Å²) in [6.45, 7) is 2.23. The number of aromatic nitrogens is 2. The molecule has 2 aromatic carbocycles. The van der Waals surface area contributed by atoms with Gasteiger partial charge in [-0.15, -0.1) is 0 Å². The Bertz CT molecular complexity index is 1200. The van der Waals surface area contributed by atoms with Crippen LogP contribution in [-0.2, 0) is 23.9 Å². The Kier molecular flexibility index (Phi) is 5.29. The zero-order valence-electron chi connectivity index (χ0n) is 16.5. The Morgan fingerprint density at radius 3 is 2.61 bits per heavy atom. The molecule has 31 heavy (non-hydrogen) atoms. The Morgan fingerprint density at radius 2 is 1.94 bits per heavy atom. The molecule has 0 saturated carbocycles. The highest BCUT2D eigenvalue weighted by atomic mass is 19.4. The Balaban J connectivity index is 1.75. The summed E-state index contributed by atoms with van der Waals surface area (Å²) >= 11 is 0. The van der Waals surface area contributed by atoms with Crippen LogP contribution in [0, 0.1) is 11.8 Å². The van der Waals surface area contributed by atoms with E-state index in [1.165, 1.54) is 12.1 Å². The largest absolute Gasteiger partial charge is 0.416 e. The third-order valence-electron chi connectivity index (χ3n) is 4.99. The summed E-state index contributed by atoms with van der Waals surface area (Å²) in [4.78, 5) is 11.4. The lowest BCUT2D eigenvalue weighted by Crippen LogP contribution is -2.21. The summed E-state index contributed by atoms with van der Waals surface area (Å²) in [7, 11) is 0. The van der Waals surface area contributed by atoms with Gasteiger partial charge in [0.2, 0.25) is 5.91 Å². The van der Waals surface area contributed by atoms with Crippen molar-refractivity contribution >= 4 is 5.91 Å². The molecule has 0 radical (unpaired) electrons. The lowest BCUT2D eigenvalue weighted by Gasteiger charge is -2.21. The average Bonchev–Trinajstić information content (AvgIpc) is 3.09. The number of benzene rings is 2. The first kappa shape index (κ1) is 20.7. The van der Waals surface area contributed by atoms with Gasteiger partial charge in [0.05, 0.1) is 29.7 Å². The first-order valence-electron chi connectivity index (χ1n) is 9.54. The minimum atomic E-state index is -4.40. The molecule has 1 atom stereocenters. The lowest BCUT2D eigenvalue weighted by molar-refractivity contribution is -0.137. The highest BCUT2D eigenvalue weighted by Gasteiger charge is 2.30. The number of fused-ring (bicyclic) bond motifs is 1. The minimum absolute atomic E-state index is 0.0505. The summed E-state index contributed by atoms with van der Waals surface area (Å²) in [6, 6.07) is 11.5. The second kappa shape index (κ2) is 7.93. The van der Waals surface area contributed by atoms with E-state index in [-0.39, 0.29) is 6.10 Å². The number of hydrogen-bond donors (Lipinski definition) is 1. The highest BCUT2D eigenvalue weighted by Crippen LogP contribution is 2.31. The third kappa shape index (κ3) is 4.32. The van der Waals surface area contributed by atoms with E-state index in [1.54, 1.807) is 28.9 Å². The predicted octanol–water partition coefficient (Wildman–Crippen LogP) is 3.85. The molecule has 158 valence electrons. The van der Waals surface area contributed by atoms with Crippen molar-refractivity contribution in [1.29, 1.82) is 0 Å². The van der Waals surface area contributed by atoms with Crippen LogP contribution >= 0.6 is 0 Å². The molecule has 0 spiro atoms. The van der Waals surface area contributed by atoms with Crippen LogP contribution in [0.1, 0.15) is 45.4 Å². The molecule has 0 saturated heterocycles. The van der Waals surface area contributed by atoms with Crippen LogP contribution in [0.3, 0.4) is 0 Å². The fourth-order valence-electron chi connectivity index (χ4n) is 3.39. The number of alkyl halides is 3. The van der Waals surface area contributed by atoms with Gasteiger partial charge >= 0.3 is 6.18 Å². The zero-order valence-corrected chi connectivity index (χ0v) is 16.5. The second-order valence-corrected chi connectivity index (χ2v) is 7.25. The number of primary amides is 1. The van der Waals surface area contributed by atoms with Gasteiger partial charge in [0.1, 0.15) is 5.69 Å². The molecule has 2 heterocycles. The van der Waals surface area contributed by atoms with E-state index in [2.05, 4.69) is 16.9 Å². The molecule has 1 aliphatic heterocycles.